The summed E-state index contributed by atoms with van der Waals surface area (Å²) in [5.41, 5.74) is 5.79. The topological polar surface area (TPSA) is 103 Å². The molecule has 3 N–H and O–H groups in total. The molecule has 0 radical (unpaired) electrons. The Balaban J connectivity index is 2.29. The lowest BCUT2D eigenvalue weighted by molar-refractivity contribution is -0.115. The number of amides is 2. The number of carbonyl (C=O) groups is 2. The Morgan fingerprint density at radius 3 is 2.58 bits per heavy atom. The summed E-state index contributed by atoms with van der Waals surface area (Å²) in [5, 5.41) is 12.0. The van der Waals surface area contributed by atoms with Crippen LogP contribution in [0.15, 0.2) is 48.1 Å². The van der Waals surface area contributed by atoms with E-state index < -0.39 is 5.91 Å². The van der Waals surface area contributed by atoms with E-state index in [1.807, 2.05) is 36.6 Å². The van der Waals surface area contributed by atoms with Crippen molar-refractivity contribution in [3.05, 3.63) is 54.4 Å². The van der Waals surface area contributed by atoms with Crippen molar-refractivity contribution >= 4 is 23.6 Å². The summed E-state index contributed by atoms with van der Waals surface area (Å²) in [7, 11) is 0. The van der Waals surface area contributed by atoms with Gasteiger partial charge in [-0.3, -0.25) is 9.59 Å². The molecular formula is C18H23N5O2S. The smallest absolute Gasteiger partial charge is 0.251 e. The van der Waals surface area contributed by atoms with Gasteiger partial charge in [-0.2, -0.15) is 0 Å². The molecule has 2 aromatic rings. The maximum atomic E-state index is 12.6. The van der Waals surface area contributed by atoms with Gasteiger partial charge < -0.3 is 15.6 Å². The summed E-state index contributed by atoms with van der Waals surface area (Å²) in [6.07, 6.45) is 1.72. The lowest BCUT2D eigenvalue weighted by Gasteiger charge is -2.22. The van der Waals surface area contributed by atoms with Gasteiger partial charge in [-0.1, -0.05) is 49.9 Å². The highest BCUT2D eigenvalue weighted by molar-refractivity contribution is 7.99. The highest BCUT2D eigenvalue weighted by Gasteiger charge is 2.26. The van der Waals surface area contributed by atoms with Crippen molar-refractivity contribution in [2.24, 2.45) is 11.7 Å². The molecule has 0 fully saturated rings. The molecule has 0 spiro atoms. The highest BCUT2D eigenvalue weighted by atomic mass is 32.2. The Morgan fingerprint density at radius 2 is 2.00 bits per heavy atom. The number of nitrogens with zero attached hydrogens (tertiary/aromatic N) is 3. The Hall–Kier alpha value is -2.61. The van der Waals surface area contributed by atoms with Crippen molar-refractivity contribution in [3.8, 4) is 0 Å². The number of carbonyl (C=O) groups excluding carboxylic acids is 2. The molecule has 7 nitrogen and oxygen atoms in total. The molecule has 0 aliphatic rings. The number of aromatic nitrogens is 3. The average Bonchev–Trinajstić information content (AvgIpc) is 3.01. The first-order valence-corrected chi connectivity index (χ1v) is 9.23. The molecule has 138 valence electrons. The van der Waals surface area contributed by atoms with Gasteiger partial charge in [0.2, 0.25) is 5.91 Å². The van der Waals surface area contributed by atoms with E-state index in [1.165, 1.54) is 11.8 Å². The number of hydrogen-bond acceptors (Lipinski definition) is 5. The third-order valence-electron chi connectivity index (χ3n) is 3.67. The molecule has 2 rings (SSSR count). The van der Waals surface area contributed by atoms with Gasteiger partial charge in [0, 0.05) is 12.1 Å². The molecule has 0 unspecified atom stereocenters. The molecular weight excluding hydrogens is 350 g/mol. The van der Waals surface area contributed by atoms with Gasteiger partial charge in [-0.05, 0) is 18.1 Å². The second kappa shape index (κ2) is 9.19. The Kier molecular flexibility index (Phi) is 6.97. The van der Waals surface area contributed by atoms with E-state index in [0.717, 1.165) is 0 Å². The molecule has 26 heavy (non-hydrogen) atoms. The summed E-state index contributed by atoms with van der Waals surface area (Å²) in [6, 6.07) is 8.68. The van der Waals surface area contributed by atoms with E-state index in [4.69, 9.17) is 5.73 Å². The van der Waals surface area contributed by atoms with E-state index in [-0.39, 0.29) is 23.6 Å². The molecule has 2 amide bonds. The van der Waals surface area contributed by atoms with Gasteiger partial charge in [0.15, 0.2) is 11.0 Å². The quantitative estimate of drug-likeness (QED) is 0.518. The van der Waals surface area contributed by atoms with Gasteiger partial charge in [0.1, 0.15) is 0 Å². The second-order valence-electron chi connectivity index (χ2n) is 6.06. The number of allylic oxidation sites excluding steroid dienone is 1. The number of nitrogens with one attached hydrogen (secondary N) is 1. The Labute approximate surface area is 157 Å². The highest BCUT2D eigenvalue weighted by Crippen LogP contribution is 2.25. The van der Waals surface area contributed by atoms with Gasteiger partial charge in [0.25, 0.3) is 5.91 Å². The first-order chi connectivity index (χ1) is 12.4. The fraction of sp³-hybridized carbons (Fsp3) is 0.333. The van der Waals surface area contributed by atoms with Crippen LogP contribution >= 0.6 is 11.8 Å². The first kappa shape index (κ1) is 19.7. The van der Waals surface area contributed by atoms with Crippen molar-refractivity contribution in [2.45, 2.75) is 31.6 Å². The normalized spacial score (nSPS) is 12.0. The van der Waals surface area contributed by atoms with Crippen LogP contribution in [0, 0.1) is 5.92 Å². The van der Waals surface area contributed by atoms with E-state index >= 15 is 0 Å². The van der Waals surface area contributed by atoms with Gasteiger partial charge in [0.05, 0.1) is 11.8 Å². The van der Waals surface area contributed by atoms with Crippen LogP contribution in [-0.4, -0.2) is 32.3 Å². The van der Waals surface area contributed by atoms with Crippen molar-refractivity contribution in [2.75, 3.05) is 5.75 Å². The van der Waals surface area contributed by atoms with Gasteiger partial charge >= 0.3 is 0 Å². The predicted molar refractivity (Wildman–Crippen MR) is 102 cm³/mol. The van der Waals surface area contributed by atoms with E-state index in [2.05, 4.69) is 22.1 Å². The molecule has 1 aromatic heterocycles. The van der Waals surface area contributed by atoms with Crippen LogP contribution in [0.5, 0.6) is 0 Å². The molecule has 8 heteroatoms. The van der Waals surface area contributed by atoms with Crippen LogP contribution in [0.4, 0.5) is 0 Å². The largest absolute Gasteiger partial charge is 0.369 e. The summed E-state index contributed by atoms with van der Waals surface area (Å²) in [4.78, 5) is 23.6. The van der Waals surface area contributed by atoms with Gasteiger partial charge in [-0.25, -0.2) is 0 Å². The van der Waals surface area contributed by atoms with Crippen molar-refractivity contribution in [3.63, 3.8) is 0 Å². The molecule has 1 atom stereocenters. The van der Waals surface area contributed by atoms with Crippen LogP contribution in [-0.2, 0) is 11.3 Å². The van der Waals surface area contributed by atoms with Gasteiger partial charge in [-0.15, -0.1) is 16.8 Å². The SMILES string of the molecule is C=CCn1c(SCC(N)=O)nnc1[C@@H](NC(=O)c1ccccc1)C(C)C. The number of rotatable bonds is 9. The molecule has 0 aliphatic heterocycles. The minimum absolute atomic E-state index is 0.0874. The lowest BCUT2D eigenvalue weighted by Crippen LogP contribution is -2.33. The summed E-state index contributed by atoms with van der Waals surface area (Å²) in [6.45, 7) is 8.23. The van der Waals surface area contributed by atoms with Crippen molar-refractivity contribution in [1.29, 1.82) is 0 Å². The number of primary amides is 1. The van der Waals surface area contributed by atoms with Crippen molar-refractivity contribution < 1.29 is 9.59 Å². The summed E-state index contributed by atoms with van der Waals surface area (Å²) in [5.74, 6) is 0.213. The number of hydrogen-bond donors (Lipinski definition) is 2. The number of nitrogens with two attached hydrogens (primary N) is 1. The van der Waals surface area contributed by atoms with Crippen LogP contribution in [0.1, 0.15) is 36.1 Å². The standard InChI is InChI=1S/C18H23N5O2S/c1-4-10-23-16(21-22-18(23)26-11-14(19)24)15(12(2)3)20-17(25)13-8-6-5-7-9-13/h4-9,12,15H,1,10-11H2,2-3H3,(H2,19,24)(H,20,25)/t15-/m0/s1. The molecule has 0 bridgehead atoms. The Morgan fingerprint density at radius 1 is 1.31 bits per heavy atom. The summed E-state index contributed by atoms with van der Waals surface area (Å²) >= 11 is 1.21. The fourth-order valence-electron chi connectivity index (χ4n) is 2.42. The minimum atomic E-state index is -0.428. The molecule has 0 saturated heterocycles. The van der Waals surface area contributed by atoms with E-state index in [9.17, 15) is 9.59 Å². The third-order valence-corrected chi connectivity index (χ3v) is 4.66. The maximum absolute atomic E-state index is 12.6. The van der Waals surface area contributed by atoms with Crippen LogP contribution in [0.2, 0.25) is 0 Å². The average molecular weight is 373 g/mol. The van der Waals surface area contributed by atoms with Crippen LogP contribution in [0.3, 0.4) is 0 Å². The van der Waals surface area contributed by atoms with Crippen LogP contribution in [0.25, 0.3) is 0 Å². The predicted octanol–water partition coefficient (Wildman–Crippen LogP) is 2.17. The molecule has 1 aromatic carbocycles. The fourth-order valence-corrected chi connectivity index (χ4v) is 3.11. The monoisotopic (exact) mass is 373 g/mol. The van der Waals surface area contributed by atoms with Crippen LogP contribution < -0.4 is 11.1 Å². The zero-order valence-corrected chi connectivity index (χ0v) is 15.7. The van der Waals surface area contributed by atoms with Crippen molar-refractivity contribution in [1.82, 2.24) is 20.1 Å². The number of thioether (sulfide) groups is 1. The zero-order chi connectivity index (χ0) is 19.1. The number of benzene rings is 1. The van der Waals surface area contributed by atoms with E-state index in [0.29, 0.717) is 23.1 Å². The summed E-state index contributed by atoms with van der Waals surface area (Å²) < 4.78 is 1.84. The minimum Gasteiger partial charge on any atom is -0.369 e. The molecule has 0 saturated carbocycles. The second-order valence-corrected chi connectivity index (χ2v) is 7.00. The first-order valence-electron chi connectivity index (χ1n) is 8.25. The lowest BCUT2D eigenvalue weighted by atomic mass is 10.0. The zero-order valence-electron chi connectivity index (χ0n) is 14.9. The third kappa shape index (κ3) is 4.95. The van der Waals surface area contributed by atoms with E-state index in [1.54, 1.807) is 18.2 Å². The molecule has 1 heterocycles. The maximum Gasteiger partial charge on any atom is 0.251 e. The Bertz CT molecular complexity index is 773. The molecule has 0 aliphatic carbocycles.